The van der Waals surface area contributed by atoms with Crippen molar-refractivity contribution in [1.29, 1.82) is 0 Å². The van der Waals surface area contributed by atoms with Crippen molar-refractivity contribution in [3.63, 3.8) is 0 Å². The first kappa shape index (κ1) is 17.3. The van der Waals surface area contributed by atoms with E-state index in [1.54, 1.807) is 4.67 Å². The molecule has 2 aliphatic heterocycles. The molecule has 0 bridgehead atoms. The quantitative estimate of drug-likeness (QED) is 0.279. The molecule has 2 rings (SSSR count). The van der Waals surface area contributed by atoms with Gasteiger partial charge in [0.05, 0.1) is 0 Å². The molecule has 2 aliphatic rings. The van der Waals surface area contributed by atoms with Crippen LogP contribution in [0.2, 0.25) is 0 Å². The highest BCUT2D eigenvalue weighted by Gasteiger charge is 2.40. The third kappa shape index (κ3) is 4.70. The summed E-state index contributed by atoms with van der Waals surface area (Å²) in [6, 6.07) is 0. The first-order chi connectivity index (χ1) is 7.93. The van der Waals surface area contributed by atoms with Crippen LogP contribution in [0.3, 0.4) is 0 Å². The Hall–Kier alpha value is 2.91. The summed E-state index contributed by atoms with van der Waals surface area (Å²) in [6.07, 6.45) is 0. The molecule has 18 heavy (non-hydrogen) atoms. The summed E-state index contributed by atoms with van der Waals surface area (Å²) in [7, 11) is 0. The van der Waals surface area contributed by atoms with Crippen molar-refractivity contribution in [3.8, 4) is 0 Å². The number of nitrogens with zero attached hydrogens (tertiary/aromatic N) is 5. The molecule has 0 saturated carbocycles. The molecule has 1 atom stereocenters. The minimum absolute atomic E-state index is 0.716. The normalized spacial score (nSPS) is 37.1. The van der Waals surface area contributed by atoms with E-state index >= 15 is 0 Å². The Morgan fingerprint density at radius 1 is 0.611 bits per heavy atom. The zero-order valence-corrected chi connectivity index (χ0v) is 17.0. The SMILES string of the molecule is ClP1(Cl)=NP(Cl)(Cl)=NP(Cl)(N2CC2)=NP(Cl)(Cl)=N1. The Morgan fingerprint density at radius 3 is 1.44 bits per heavy atom. The smallest absolute Gasteiger partial charge is 0.237 e. The van der Waals surface area contributed by atoms with Gasteiger partial charge in [-0.05, 0) is 78.7 Å². The summed E-state index contributed by atoms with van der Waals surface area (Å²) in [6.45, 7) is -1.42. The molecule has 1 fully saturated rings. The van der Waals surface area contributed by atoms with Crippen molar-refractivity contribution < 1.29 is 0 Å². The number of halogens is 7. The van der Waals surface area contributed by atoms with E-state index in [0.717, 1.165) is 0 Å². The first-order valence-electron chi connectivity index (χ1n) is 4.12. The van der Waals surface area contributed by atoms with Gasteiger partial charge in [-0.2, -0.15) is 18.1 Å². The monoisotopic (exact) mass is 467 g/mol. The van der Waals surface area contributed by atoms with Crippen molar-refractivity contribution in [2.75, 3.05) is 13.1 Å². The second-order valence-corrected chi connectivity index (χ2v) is 21.7. The molecule has 5 nitrogen and oxygen atoms in total. The lowest BCUT2D eigenvalue weighted by Gasteiger charge is -2.20. The Labute approximate surface area is 138 Å². The van der Waals surface area contributed by atoms with Gasteiger partial charge in [0.15, 0.2) is 0 Å². The van der Waals surface area contributed by atoms with Gasteiger partial charge >= 0.3 is 0 Å². The van der Waals surface area contributed by atoms with Crippen LogP contribution >= 0.6 is 103 Å². The maximum atomic E-state index is 6.34. The van der Waals surface area contributed by atoms with E-state index in [1.807, 2.05) is 0 Å². The fraction of sp³-hybridized carbons (Fsp3) is 1.00. The lowest BCUT2D eigenvalue weighted by atomic mass is 11.0. The van der Waals surface area contributed by atoms with Crippen LogP contribution in [0.25, 0.3) is 0 Å². The standard InChI is InChI=1S/C2H4Cl7N5P4/c3-15(4)10-16(5,6)12-18(9,14-1-2-14)13-17(7,8)11-15/h1-2H2. The number of rotatable bonds is 1. The highest BCUT2D eigenvalue weighted by Crippen LogP contribution is 2.88. The van der Waals surface area contributed by atoms with Crippen molar-refractivity contribution in [2.45, 2.75) is 0 Å². The molecule has 2 heterocycles. The van der Waals surface area contributed by atoms with Crippen LogP contribution in [0.5, 0.6) is 0 Å². The molecule has 0 aliphatic carbocycles. The van der Waals surface area contributed by atoms with Crippen LogP contribution in [0, 0.1) is 0 Å². The van der Waals surface area contributed by atoms with E-state index in [4.69, 9.17) is 78.7 Å². The highest BCUT2D eigenvalue weighted by atomic mass is 35.9. The number of hydrogen-bond donors (Lipinski definition) is 0. The van der Waals surface area contributed by atoms with E-state index in [0.29, 0.717) is 13.1 Å². The Kier molecular flexibility index (Phi) is 5.30. The molecule has 106 valence electrons. The number of hydrogen-bond acceptors (Lipinski definition) is 5. The molecular weight excluding hydrogens is 466 g/mol. The minimum Gasteiger partial charge on any atom is -0.237 e. The molecule has 0 amide bonds. The van der Waals surface area contributed by atoms with Gasteiger partial charge < -0.3 is 0 Å². The predicted octanol–water partition coefficient (Wildman–Crippen LogP) is 8.77. The van der Waals surface area contributed by atoms with Crippen LogP contribution in [0.1, 0.15) is 0 Å². The van der Waals surface area contributed by atoms with Gasteiger partial charge in [-0.1, -0.05) is 0 Å². The third-order valence-corrected chi connectivity index (χ3v) is 18.9. The molecule has 0 aromatic heterocycles. The largest absolute Gasteiger partial charge is 0.257 e. The van der Waals surface area contributed by atoms with Gasteiger partial charge in [0.2, 0.25) is 6.71 Å². The summed E-state index contributed by atoms with van der Waals surface area (Å²) < 4.78 is 17.7. The topological polar surface area (TPSA) is 52.4 Å². The molecule has 0 spiro atoms. The Morgan fingerprint density at radius 2 is 1.00 bits per heavy atom. The summed E-state index contributed by atoms with van der Waals surface area (Å²) in [5.74, 6) is -9.50. The summed E-state index contributed by atoms with van der Waals surface area (Å²) >= 11 is 42.2. The van der Waals surface area contributed by atoms with E-state index < -0.39 is 24.4 Å². The van der Waals surface area contributed by atoms with E-state index in [2.05, 4.69) is 18.1 Å². The van der Waals surface area contributed by atoms with Crippen molar-refractivity contribution in [2.24, 2.45) is 18.1 Å². The lowest BCUT2D eigenvalue weighted by molar-refractivity contribution is 0.921. The van der Waals surface area contributed by atoms with E-state index in [1.165, 1.54) is 0 Å². The maximum absolute atomic E-state index is 6.34. The molecular formula is C2H4Cl7N5P4. The zero-order valence-electron chi connectivity index (χ0n) is 8.08. The fourth-order valence-electron chi connectivity index (χ4n) is 1.02. The van der Waals surface area contributed by atoms with Gasteiger partial charge in [0.1, 0.15) is 0 Å². The molecule has 0 N–H and O–H groups in total. The average molecular weight is 470 g/mol. The van der Waals surface area contributed by atoms with Gasteiger partial charge in [-0.15, -0.1) is 0 Å². The third-order valence-electron chi connectivity index (χ3n) is 1.66. The summed E-state index contributed by atoms with van der Waals surface area (Å²) in [4.78, 5) is 0. The van der Waals surface area contributed by atoms with Crippen LogP contribution in [0.15, 0.2) is 18.1 Å². The van der Waals surface area contributed by atoms with Crippen molar-refractivity contribution in [3.05, 3.63) is 0 Å². The predicted molar refractivity (Wildman–Crippen MR) is 89.9 cm³/mol. The molecule has 1 saturated heterocycles. The van der Waals surface area contributed by atoms with E-state index in [9.17, 15) is 0 Å². The molecule has 0 radical (unpaired) electrons. The van der Waals surface area contributed by atoms with Crippen molar-refractivity contribution >= 4 is 103 Å². The molecule has 0 aromatic carbocycles. The van der Waals surface area contributed by atoms with Crippen LogP contribution in [-0.2, 0) is 0 Å². The Balaban J connectivity index is 2.74. The molecule has 1 unspecified atom stereocenters. The Bertz CT molecular complexity index is 585. The highest BCUT2D eigenvalue weighted by molar-refractivity contribution is 8.24. The molecule has 16 heteroatoms. The van der Waals surface area contributed by atoms with Gasteiger partial charge in [0.25, 0.3) is 17.7 Å². The summed E-state index contributed by atoms with van der Waals surface area (Å²) in [5, 5.41) is 0. The summed E-state index contributed by atoms with van der Waals surface area (Å²) in [5.41, 5.74) is 0. The minimum atomic E-state index is -3.20. The van der Waals surface area contributed by atoms with Gasteiger partial charge in [0, 0.05) is 13.1 Å². The molecule has 0 aromatic rings. The van der Waals surface area contributed by atoms with E-state index in [-0.39, 0.29) is 0 Å². The maximum Gasteiger partial charge on any atom is 0.257 e. The van der Waals surface area contributed by atoms with Crippen LogP contribution in [-0.4, -0.2) is 17.8 Å². The van der Waals surface area contributed by atoms with Gasteiger partial charge in [-0.3, -0.25) is 0 Å². The van der Waals surface area contributed by atoms with Gasteiger partial charge in [-0.25, -0.2) is 4.67 Å². The fourth-order valence-corrected chi connectivity index (χ4v) is 25.0. The first-order valence-corrected chi connectivity index (χ1v) is 17.2. The average Bonchev–Trinajstić information content (AvgIpc) is 2.71. The van der Waals surface area contributed by atoms with Crippen molar-refractivity contribution in [1.82, 2.24) is 4.67 Å². The van der Waals surface area contributed by atoms with Crippen LogP contribution < -0.4 is 0 Å². The second kappa shape index (κ2) is 5.52. The second-order valence-electron chi connectivity index (χ2n) is 3.17. The van der Waals surface area contributed by atoms with Crippen LogP contribution in [0.4, 0.5) is 0 Å². The zero-order chi connectivity index (χ0) is 13.8. The lowest BCUT2D eigenvalue weighted by Crippen LogP contribution is -1.84.